The van der Waals surface area contributed by atoms with Crippen LogP contribution in [0.4, 0.5) is 4.39 Å². The van der Waals surface area contributed by atoms with E-state index in [0.717, 1.165) is 16.5 Å². The molecule has 34 heavy (non-hydrogen) atoms. The molecule has 0 bridgehead atoms. The molecule has 6 nitrogen and oxygen atoms in total. The van der Waals surface area contributed by atoms with Crippen LogP contribution in [0, 0.1) is 5.82 Å². The number of fused-ring (bicyclic) bond motifs is 3. The maximum Gasteiger partial charge on any atom is 0.277 e. The molecule has 0 aliphatic carbocycles. The molecular formula is C27H24FN3O3. The zero-order valence-corrected chi connectivity index (χ0v) is 19.0. The zero-order valence-electron chi connectivity index (χ0n) is 19.0. The highest BCUT2D eigenvalue weighted by Crippen LogP contribution is 2.28. The van der Waals surface area contributed by atoms with E-state index >= 15 is 0 Å². The van der Waals surface area contributed by atoms with Crippen molar-refractivity contribution in [2.45, 2.75) is 19.5 Å². The summed E-state index contributed by atoms with van der Waals surface area (Å²) in [4.78, 5) is 18.2. The second-order valence-electron chi connectivity index (χ2n) is 8.07. The SMILES string of the molecule is COc1ccc(CCn2cnc3c4ccccc4n(Cc4ccccc4F)c3c2=O)cc1OC. The predicted molar refractivity (Wildman–Crippen MR) is 130 cm³/mol. The molecule has 5 rings (SSSR count). The third-order valence-corrected chi connectivity index (χ3v) is 6.11. The molecule has 0 saturated heterocycles. The minimum Gasteiger partial charge on any atom is -0.493 e. The number of aryl methyl sites for hydroxylation is 2. The van der Waals surface area contributed by atoms with Crippen molar-refractivity contribution in [2.24, 2.45) is 0 Å². The molecule has 0 radical (unpaired) electrons. The first-order valence-corrected chi connectivity index (χ1v) is 11.0. The molecular weight excluding hydrogens is 433 g/mol. The van der Waals surface area contributed by atoms with Gasteiger partial charge in [-0.1, -0.05) is 42.5 Å². The van der Waals surface area contributed by atoms with E-state index < -0.39 is 0 Å². The summed E-state index contributed by atoms with van der Waals surface area (Å²) >= 11 is 0. The Kier molecular flexibility index (Phi) is 5.76. The number of rotatable bonds is 7. The van der Waals surface area contributed by atoms with Crippen molar-refractivity contribution >= 4 is 21.9 Å². The Morgan fingerprint density at radius 3 is 2.50 bits per heavy atom. The van der Waals surface area contributed by atoms with Crippen LogP contribution in [0.25, 0.3) is 21.9 Å². The molecule has 0 unspecified atom stereocenters. The molecule has 3 aromatic carbocycles. The normalized spacial score (nSPS) is 11.3. The van der Waals surface area contributed by atoms with E-state index in [1.807, 2.05) is 47.0 Å². The van der Waals surface area contributed by atoms with E-state index in [2.05, 4.69) is 4.98 Å². The second-order valence-corrected chi connectivity index (χ2v) is 8.07. The van der Waals surface area contributed by atoms with Gasteiger partial charge in [-0.25, -0.2) is 9.37 Å². The van der Waals surface area contributed by atoms with Crippen molar-refractivity contribution in [2.75, 3.05) is 14.2 Å². The Morgan fingerprint density at radius 2 is 1.71 bits per heavy atom. The van der Waals surface area contributed by atoms with Gasteiger partial charge < -0.3 is 14.0 Å². The van der Waals surface area contributed by atoms with Crippen molar-refractivity contribution < 1.29 is 13.9 Å². The van der Waals surface area contributed by atoms with Crippen LogP contribution >= 0.6 is 0 Å². The standard InChI is InChI=1S/C27H24FN3O3/c1-33-23-12-11-18(15-24(23)34-2)13-14-30-17-29-25-20-8-4-6-10-22(20)31(26(25)27(30)32)16-19-7-3-5-9-21(19)28/h3-12,15,17H,13-14,16H2,1-2H3. The molecule has 172 valence electrons. The molecule has 0 aliphatic heterocycles. The summed E-state index contributed by atoms with van der Waals surface area (Å²) in [6.07, 6.45) is 2.20. The molecule has 7 heteroatoms. The highest BCUT2D eigenvalue weighted by atomic mass is 19.1. The molecule has 0 atom stereocenters. The number of aromatic nitrogens is 3. The van der Waals surface area contributed by atoms with Gasteiger partial charge in [0.05, 0.1) is 32.6 Å². The van der Waals surface area contributed by atoms with Gasteiger partial charge in [-0.3, -0.25) is 9.36 Å². The molecule has 0 fully saturated rings. The smallest absolute Gasteiger partial charge is 0.277 e. The van der Waals surface area contributed by atoms with Crippen molar-refractivity contribution in [3.05, 3.63) is 100 Å². The van der Waals surface area contributed by atoms with E-state index in [-0.39, 0.29) is 17.9 Å². The highest BCUT2D eigenvalue weighted by Gasteiger charge is 2.17. The van der Waals surface area contributed by atoms with Crippen LogP contribution in [0.1, 0.15) is 11.1 Å². The van der Waals surface area contributed by atoms with Gasteiger partial charge >= 0.3 is 0 Å². The average Bonchev–Trinajstić information content (AvgIpc) is 3.19. The van der Waals surface area contributed by atoms with Crippen LogP contribution in [0.2, 0.25) is 0 Å². The first-order valence-electron chi connectivity index (χ1n) is 11.0. The van der Waals surface area contributed by atoms with Gasteiger partial charge in [-0.2, -0.15) is 0 Å². The highest BCUT2D eigenvalue weighted by molar-refractivity contribution is 6.05. The second kappa shape index (κ2) is 9.02. The summed E-state index contributed by atoms with van der Waals surface area (Å²) in [6.45, 7) is 0.686. The lowest BCUT2D eigenvalue weighted by Gasteiger charge is -2.11. The summed E-state index contributed by atoms with van der Waals surface area (Å²) in [5.41, 5.74) is 3.32. The Hall–Kier alpha value is -4.13. The number of nitrogens with zero attached hydrogens (tertiary/aromatic N) is 3. The molecule has 5 aromatic rings. The largest absolute Gasteiger partial charge is 0.493 e. The summed E-state index contributed by atoms with van der Waals surface area (Å²) in [6, 6.07) is 20.0. The number of ether oxygens (including phenoxy) is 2. The monoisotopic (exact) mass is 457 g/mol. The van der Waals surface area contributed by atoms with Gasteiger partial charge in [-0.15, -0.1) is 0 Å². The van der Waals surface area contributed by atoms with E-state index in [4.69, 9.17) is 9.47 Å². The lowest BCUT2D eigenvalue weighted by atomic mass is 10.1. The van der Waals surface area contributed by atoms with Crippen LogP contribution < -0.4 is 15.0 Å². The summed E-state index contributed by atoms with van der Waals surface area (Å²) in [5, 5.41) is 0.873. The molecule has 0 N–H and O–H groups in total. The fourth-order valence-corrected chi connectivity index (χ4v) is 4.35. The number of para-hydroxylation sites is 1. The quantitative estimate of drug-likeness (QED) is 0.352. The van der Waals surface area contributed by atoms with Crippen LogP contribution in [-0.4, -0.2) is 28.3 Å². The van der Waals surface area contributed by atoms with Gasteiger partial charge in [0.2, 0.25) is 0 Å². The van der Waals surface area contributed by atoms with Gasteiger partial charge in [0, 0.05) is 17.5 Å². The number of methoxy groups -OCH3 is 2. The first kappa shape index (κ1) is 21.7. The molecule has 0 aliphatic rings. The lowest BCUT2D eigenvalue weighted by molar-refractivity contribution is 0.354. The zero-order chi connectivity index (χ0) is 23.7. The van der Waals surface area contributed by atoms with Gasteiger partial charge in [-0.05, 0) is 36.2 Å². The first-order chi connectivity index (χ1) is 16.6. The minimum atomic E-state index is -0.300. The van der Waals surface area contributed by atoms with Crippen LogP contribution in [0.3, 0.4) is 0 Å². The molecule has 0 spiro atoms. The third kappa shape index (κ3) is 3.79. The predicted octanol–water partition coefficient (Wildman–Crippen LogP) is 4.80. The average molecular weight is 458 g/mol. The number of halogens is 1. The van der Waals surface area contributed by atoms with E-state index in [9.17, 15) is 9.18 Å². The van der Waals surface area contributed by atoms with Gasteiger partial charge in [0.1, 0.15) is 16.9 Å². The van der Waals surface area contributed by atoms with Crippen LogP contribution in [-0.2, 0) is 19.5 Å². The van der Waals surface area contributed by atoms with E-state index in [0.29, 0.717) is 41.1 Å². The minimum absolute atomic E-state index is 0.155. The summed E-state index contributed by atoms with van der Waals surface area (Å²) in [7, 11) is 3.19. The van der Waals surface area contributed by atoms with Crippen LogP contribution in [0.15, 0.2) is 77.9 Å². The molecule has 2 heterocycles. The van der Waals surface area contributed by atoms with E-state index in [1.54, 1.807) is 43.3 Å². The Bertz CT molecular complexity index is 1550. The van der Waals surface area contributed by atoms with Crippen molar-refractivity contribution in [1.29, 1.82) is 0 Å². The van der Waals surface area contributed by atoms with Gasteiger partial charge in [0.25, 0.3) is 5.56 Å². The summed E-state index contributed by atoms with van der Waals surface area (Å²) in [5.74, 6) is 1.00. The number of hydrogen-bond donors (Lipinski definition) is 0. The molecule has 2 aromatic heterocycles. The Labute approximate surface area is 195 Å². The number of benzene rings is 3. The molecule has 0 amide bonds. The fraction of sp³-hybridized carbons (Fsp3) is 0.185. The van der Waals surface area contributed by atoms with Gasteiger partial charge in [0.15, 0.2) is 11.5 Å². The van der Waals surface area contributed by atoms with E-state index in [1.165, 1.54) is 6.07 Å². The maximum atomic E-state index is 14.5. The van der Waals surface area contributed by atoms with Crippen molar-refractivity contribution in [3.8, 4) is 11.5 Å². The van der Waals surface area contributed by atoms with Crippen molar-refractivity contribution in [3.63, 3.8) is 0 Å². The van der Waals surface area contributed by atoms with Crippen molar-refractivity contribution in [1.82, 2.24) is 14.1 Å². The maximum absolute atomic E-state index is 14.5. The molecule has 0 saturated carbocycles. The summed E-state index contributed by atoms with van der Waals surface area (Å²) < 4.78 is 28.6. The Balaban J connectivity index is 1.56. The van der Waals surface area contributed by atoms with Crippen LogP contribution in [0.5, 0.6) is 11.5 Å². The fourth-order valence-electron chi connectivity index (χ4n) is 4.35. The lowest BCUT2D eigenvalue weighted by Crippen LogP contribution is -2.23. The third-order valence-electron chi connectivity index (χ3n) is 6.11. The topological polar surface area (TPSA) is 58.3 Å². The number of hydrogen-bond acceptors (Lipinski definition) is 4. The Morgan fingerprint density at radius 1 is 0.941 bits per heavy atom.